The van der Waals surface area contributed by atoms with Gasteiger partial charge in [0, 0.05) is 18.4 Å². The zero-order chi connectivity index (χ0) is 11.4. The van der Waals surface area contributed by atoms with Gasteiger partial charge < -0.3 is 4.74 Å². The molecular formula is C14H15NO. The maximum Gasteiger partial charge on any atom is 0.104 e. The minimum Gasteiger partial charge on any atom is -0.466 e. The molecule has 0 fully saturated rings. The third-order valence-corrected chi connectivity index (χ3v) is 2.84. The summed E-state index contributed by atoms with van der Waals surface area (Å²) in [5.41, 5.74) is 2.23. The molecule has 2 aliphatic rings. The van der Waals surface area contributed by atoms with Gasteiger partial charge in [0.1, 0.15) is 11.5 Å². The number of hydrogen-bond donors (Lipinski definition) is 0. The molecule has 16 heavy (non-hydrogen) atoms. The number of nitriles is 1. The van der Waals surface area contributed by atoms with Crippen molar-refractivity contribution in [2.75, 3.05) is 0 Å². The van der Waals surface area contributed by atoms with Crippen molar-refractivity contribution in [1.82, 2.24) is 0 Å². The van der Waals surface area contributed by atoms with E-state index < -0.39 is 0 Å². The normalized spacial score (nSPS) is 20.0. The highest BCUT2D eigenvalue weighted by Crippen LogP contribution is 2.25. The molecule has 0 saturated carbocycles. The molecule has 0 aromatic heterocycles. The van der Waals surface area contributed by atoms with Crippen molar-refractivity contribution in [1.29, 1.82) is 5.26 Å². The van der Waals surface area contributed by atoms with E-state index >= 15 is 0 Å². The van der Waals surface area contributed by atoms with E-state index in [4.69, 9.17) is 10.00 Å². The molecule has 0 spiro atoms. The third kappa shape index (κ3) is 2.64. The number of ether oxygens (including phenoxy) is 1. The molecule has 0 aromatic carbocycles. The van der Waals surface area contributed by atoms with Crippen LogP contribution in [0.3, 0.4) is 0 Å². The SMILES string of the molecule is CC1=CC=C(OC2=CC=C(C#N)CC2)CC1. The maximum absolute atomic E-state index is 8.72. The van der Waals surface area contributed by atoms with Crippen molar-refractivity contribution < 1.29 is 4.74 Å². The first-order chi connectivity index (χ1) is 7.78. The molecule has 2 rings (SSSR count). The van der Waals surface area contributed by atoms with Gasteiger partial charge in [-0.3, -0.25) is 0 Å². The first-order valence-corrected chi connectivity index (χ1v) is 5.62. The zero-order valence-electron chi connectivity index (χ0n) is 9.49. The predicted octanol–water partition coefficient (Wildman–Crippen LogP) is 3.75. The minimum atomic E-state index is 0.796. The van der Waals surface area contributed by atoms with Crippen molar-refractivity contribution >= 4 is 0 Å². The fourth-order valence-electron chi connectivity index (χ4n) is 1.77. The van der Waals surface area contributed by atoms with Crippen LogP contribution in [-0.4, -0.2) is 0 Å². The van der Waals surface area contributed by atoms with E-state index in [9.17, 15) is 0 Å². The average molecular weight is 213 g/mol. The standard InChI is InChI=1S/C14H15NO/c1-11-2-6-13(7-3-11)16-14-8-4-12(10-15)5-9-14/h2,4,6,8H,3,5,7,9H2,1H3. The molecule has 2 aliphatic carbocycles. The van der Waals surface area contributed by atoms with Gasteiger partial charge in [0.05, 0.1) is 6.07 Å². The largest absolute Gasteiger partial charge is 0.466 e. The summed E-state index contributed by atoms with van der Waals surface area (Å²) in [4.78, 5) is 0. The van der Waals surface area contributed by atoms with Crippen LogP contribution in [0, 0.1) is 11.3 Å². The first-order valence-electron chi connectivity index (χ1n) is 5.62. The van der Waals surface area contributed by atoms with Gasteiger partial charge in [0.15, 0.2) is 0 Å². The zero-order valence-corrected chi connectivity index (χ0v) is 9.49. The van der Waals surface area contributed by atoms with Gasteiger partial charge in [-0.05, 0) is 38.0 Å². The molecule has 0 amide bonds. The van der Waals surface area contributed by atoms with Crippen LogP contribution in [-0.2, 0) is 4.74 Å². The second kappa shape index (κ2) is 4.85. The second-order valence-corrected chi connectivity index (χ2v) is 4.18. The summed E-state index contributed by atoms with van der Waals surface area (Å²) < 4.78 is 5.80. The van der Waals surface area contributed by atoms with Gasteiger partial charge in [-0.1, -0.05) is 11.6 Å². The highest BCUT2D eigenvalue weighted by molar-refractivity contribution is 5.31. The summed E-state index contributed by atoms with van der Waals surface area (Å²) in [6, 6.07) is 2.17. The third-order valence-electron chi connectivity index (χ3n) is 2.84. The van der Waals surface area contributed by atoms with Gasteiger partial charge in [-0.2, -0.15) is 5.26 Å². The summed E-state index contributed by atoms with van der Waals surface area (Å²) in [6.07, 6.45) is 11.6. The van der Waals surface area contributed by atoms with Gasteiger partial charge in [0.2, 0.25) is 0 Å². The molecule has 2 nitrogen and oxygen atoms in total. The van der Waals surface area contributed by atoms with E-state index in [0.717, 1.165) is 42.8 Å². The lowest BCUT2D eigenvalue weighted by Gasteiger charge is -2.17. The van der Waals surface area contributed by atoms with E-state index in [-0.39, 0.29) is 0 Å². The van der Waals surface area contributed by atoms with E-state index in [1.165, 1.54) is 5.57 Å². The number of nitrogens with zero attached hydrogens (tertiary/aromatic N) is 1. The molecule has 0 bridgehead atoms. The van der Waals surface area contributed by atoms with E-state index in [2.05, 4.69) is 19.1 Å². The van der Waals surface area contributed by atoms with Gasteiger partial charge >= 0.3 is 0 Å². The molecule has 82 valence electrons. The first kappa shape index (κ1) is 10.8. The Morgan fingerprint density at radius 2 is 1.69 bits per heavy atom. The fourth-order valence-corrected chi connectivity index (χ4v) is 1.77. The molecule has 0 heterocycles. The Balaban J connectivity index is 2.00. The summed E-state index contributed by atoms with van der Waals surface area (Å²) in [6.45, 7) is 2.13. The van der Waals surface area contributed by atoms with Crippen LogP contribution in [0.15, 0.2) is 47.0 Å². The van der Waals surface area contributed by atoms with Crippen molar-refractivity contribution in [2.45, 2.75) is 32.6 Å². The summed E-state index contributed by atoms with van der Waals surface area (Å²) in [5.74, 6) is 2.00. The Kier molecular flexibility index (Phi) is 3.26. The second-order valence-electron chi connectivity index (χ2n) is 4.18. The van der Waals surface area contributed by atoms with E-state index in [1.54, 1.807) is 0 Å². The fraction of sp³-hybridized carbons (Fsp3) is 0.357. The predicted molar refractivity (Wildman–Crippen MR) is 63.2 cm³/mol. The lowest BCUT2D eigenvalue weighted by molar-refractivity contribution is 0.274. The Labute approximate surface area is 96.2 Å². The van der Waals surface area contributed by atoms with Gasteiger partial charge in [-0.25, -0.2) is 0 Å². The Bertz CT molecular complexity index is 444. The van der Waals surface area contributed by atoms with Crippen molar-refractivity contribution in [3.63, 3.8) is 0 Å². The number of allylic oxidation sites excluding steroid dienone is 8. The Morgan fingerprint density at radius 1 is 1.00 bits per heavy atom. The van der Waals surface area contributed by atoms with Gasteiger partial charge in [0.25, 0.3) is 0 Å². The molecule has 0 aromatic rings. The molecule has 0 radical (unpaired) electrons. The van der Waals surface area contributed by atoms with Crippen LogP contribution in [0.5, 0.6) is 0 Å². The summed E-state index contributed by atoms with van der Waals surface area (Å²) in [7, 11) is 0. The number of hydrogen-bond acceptors (Lipinski definition) is 2. The lowest BCUT2D eigenvalue weighted by atomic mass is 10.0. The smallest absolute Gasteiger partial charge is 0.104 e. The van der Waals surface area contributed by atoms with Crippen LogP contribution in [0.2, 0.25) is 0 Å². The lowest BCUT2D eigenvalue weighted by Crippen LogP contribution is -2.00. The van der Waals surface area contributed by atoms with Crippen molar-refractivity contribution in [3.05, 3.63) is 47.0 Å². The Hall–Kier alpha value is -1.75. The Morgan fingerprint density at radius 3 is 2.19 bits per heavy atom. The highest BCUT2D eigenvalue weighted by Gasteiger charge is 2.10. The molecule has 0 unspecified atom stereocenters. The van der Waals surface area contributed by atoms with Crippen molar-refractivity contribution in [2.24, 2.45) is 0 Å². The van der Waals surface area contributed by atoms with Crippen LogP contribution in [0.1, 0.15) is 32.6 Å². The molecular weight excluding hydrogens is 198 g/mol. The van der Waals surface area contributed by atoms with Crippen molar-refractivity contribution in [3.8, 4) is 6.07 Å². The van der Waals surface area contributed by atoms with Crippen LogP contribution in [0.25, 0.3) is 0 Å². The van der Waals surface area contributed by atoms with E-state index in [1.807, 2.05) is 18.2 Å². The number of rotatable bonds is 2. The molecule has 0 saturated heterocycles. The monoisotopic (exact) mass is 213 g/mol. The minimum absolute atomic E-state index is 0.796. The molecule has 0 N–H and O–H groups in total. The van der Waals surface area contributed by atoms with Gasteiger partial charge in [-0.15, -0.1) is 0 Å². The average Bonchev–Trinajstić information content (AvgIpc) is 2.33. The molecule has 0 aliphatic heterocycles. The molecule has 2 heteroatoms. The maximum atomic E-state index is 8.72. The van der Waals surface area contributed by atoms with E-state index in [0.29, 0.717) is 0 Å². The highest BCUT2D eigenvalue weighted by atomic mass is 16.5. The summed E-state index contributed by atoms with van der Waals surface area (Å²) in [5, 5.41) is 8.72. The molecule has 0 atom stereocenters. The van der Waals surface area contributed by atoms with Crippen LogP contribution < -0.4 is 0 Å². The topological polar surface area (TPSA) is 33.0 Å². The quantitative estimate of drug-likeness (QED) is 0.699. The van der Waals surface area contributed by atoms with Crippen LogP contribution in [0.4, 0.5) is 0 Å². The summed E-state index contributed by atoms with van der Waals surface area (Å²) >= 11 is 0. The van der Waals surface area contributed by atoms with Crippen LogP contribution >= 0.6 is 0 Å².